The summed E-state index contributed by atoms with van der Waals surface area (Å²) in [6.45, 7) is 5.99. The van der Waals surface area contributed by atoms with Crippen LogP contribution in [-0.4, -0.2) is 53.4 Å². The van der Waals surface area contributed by atoms with Gasteiger partial charge in [-0.2, -0.15) is 0 Å². The quantitative estimate of drug-likeness (QED) is 0.633. The number of benzene rings is 1. The average Bonchev–Trinajstić information content (AvgIpc) is 3.25. The summed E-state index contributed by atoms with van der Waals surface area (Å²) in [4.78, 5) is 28.3. The van der Waals surface area contributed by atoms with Crippen molar-refractivity contribution in [1.29, 1.82) is 0 Å². The largest absolute Gasteiger partial charge is 0.353 e. The Morgan fingerprint density at radius 2 is 1.94 bits per heavy atom. The smallest absolute Gasteiger partial charge is 0.237 e. The maximum Gasteiger partial charge on any atom is 0.237 e. The highest BCUT2D eigenvalue weighted by molar-refractivity contribution is 8.04. The highest BCUT2D eigenvalue weighted by Gasteiger charge is 2.44. The molecule has 2 amide bonds. The first kappa shape index (κ1) is 22.9. The number of nitrogens with one attached hydrogen (secondary N) is 3. The van der Waals surface area contributed by atoms with Crippen LogP contribution in [0.1, 0.15) is 56.6 Å². The molecule has 33 heavy (non-hydrogen) atoms. The van der Waals surface area contributed by atoms with Crippen molar-refractivity contribution in [2.75, 3.05) is 13.1 Å². The van der Waals surface area contributed by atoms with Crippen LogP contribution in [0.4, 0.5) is 0 Å². The van der Waals surface area contributed by atoms with Crippen molar-refractivity contribution in [2.24, 2.45) is 11.8 Å². The van der Waals surface area contributed by atoms with Gasteiger partial charge < -0.3 is 10.6 Å². The van der Waals surface area contributed by atoms with Crippen molar-refractivity contribution in [2.45, 2.75) is 76.0 Å². The number of carbonyl (C=O) groups is 2. The molecule has 178 valence electrons. The van der Waals surface area contributed by atoms with E-state index in [1.807, 2.05) is 0 Å². The minimum Gasteiger partial charge on any atom is -0.353 e. The fourth-order valence-electron chi connectivity index (χ4n) is 5.78. The van der Waals surface area contributed by atoms with Crippen LogP contribution in [0.3, 0.4) is 0 Å². The lowest BCUT2D eigenvalue weighted by molar-refractivity contribution is -0.129. The summed E-state index contributed by atoms with van der Waals surface area (Å²) in [6.07, 6.45) is 6.25. The van der Waals surface area contributed by atoms with Gasteiger partial charge in [-0.05, 0) is 73.5 Å². The summed E-state index contributed by atoms with van der Waals surface area (Å²) >= 11 is 1.60. The number of hydrogen-bond donors (Lipinski definition) is 3. The maximum atomic E-state index is 13.0. The number of likely N-dealkylation sites (tertiary alicyclic amines) is 1. The number of amides is 2. The summed E-state index contributed by atoms with van der Waals surface area (Å²) in [5, 5.41) is 12.2. The molecule has 0 radical (unpaired) electrons. The summed E-state index contributed by atoms with van der Waals surface area (Å²) in [5.41, 5.74) is 3.62. The number of thioether (sulfide) groups is 1. The first-order valence-electron chi connectivity index (χ1n) is 12.5. The van der Waals surface area contributed by atoms with Crippen LogP contribution in [0, 0.1) is 18.8 Å². The summed E-state index contributed by atoms with van der Waals surface area (Å²) in [6, 6.07) is 8.68. The minimum atomic E-state index is -0.240. The van der Waals surface area contributed by atoms with Crippen molar-refractivity contribution < 1.29 is 9.59 Å². The van der Waals surface area contributed by atoms with Crippen LogP contribution in [0.15, 0.2) is 29.7 Å². The highest BCUT2D eigenvalue weighted by atomic mass is 32.2. The molecule has 4 unspecified atom stereocenters. The van der Waals surface area contributed by atoms with Crippen LogP contribution in [0.25, 0.3) is 5.57 Å². The SMILES string of the molecule is Cc1ccccc1C1=CSC2C(=O)NC(N3CCCC(C(=O)NC4CCC(C)CC4)C3)NC12. The maximum absolute atomic E-state index is 13.0. The summed E-state index contributed by atoms with van der Waals surface area (Å²) in [5.74, 6) is 1.03. The van der Waals surface area contributed by atoms with Crippen LogP contribution in [0.5, 0.6) is 0 Å². The van der Waals surface area contributed by atoms with Crippen LogP contribution < -0.4 is 16.0 Å². The lowest BCUT2D eigenvalue weighted by atomic mass is 9.87. The van der Waals surface area contributed by atoms with Gasteiger partial charge in [-0.1, -0.05) is 31.2 Å². The van der Waals surface area contributed by atoms with Crippen molar-refractivity contribution in [1.82, 2.24) is 20.9 Å². The van der Waals surface area contributed by atoms with Gasteiger partial charge in [0.25, 0.3) is 0 Å². The number of fused-ring (bicyclic) bond motifs is 1. The van der Waals surface area contributed by atoms with Gasteiger partial charge in [-0.25, -0.2) is 0 Å². The van der Waals surface area contributed by atoms with Gasteiger partial charge in [-0.3, -0.25) is 19.8 Å². The number of carbonyl (C=O) groups excluding carboxylic acids is 2. The first-order valence-corrected chi connectivity index (χ1v) is 13.5. The second kappa shape index (κ2) is 9.80. The van der Waals surface area contributed by atoms with Crippen molar-refractivity contribution in [3.63, 3.8) is 0 Å². The number of nitrogens with zero attached hydrogens (tertiary/aromatic N) is 1. The highest BCUT2D eigenvalue weighted by Crippen LogP contribution is 2.39. The Morgan fingerprint density at radius 1 is 1.15 bits per heavy atom. The molecule has 4 aliphatic rings. The standard InChI is InChI=1S/C26H36N4O2S/c1-16-9-11-19(12-10-16)27-24(31)18-7-5-13-30(14-18)26-28-22-21(15-33-23(22)25(32)29-26)20-8-4-3-6-17(20)2/h3-4,6,8,15-16,18-19,22-23,26,28H,5,7,9-14H2,1-2H3,(H,27,31)(H,29,32). The van der Waals surface area contributed by atoms with E-state index in [0.717, 1.165) is 38.1 Å². The third kappa shape index (κ3) is 4.86. The topological polar surface area (TPSA) is 73.5 Å². The van der Waals surface area contributed by atoms with Gasteiger partial charge in [-0.15, -0.1) is 11.8 Å². The molecular formula is C26H36N4O2S. The van der Waals surface area contributed by atoms with Crippen molar-refractivity contribution in [3.8, 4) is 0 Å². The first-order chi connectivity index (χ1) is 16.0. The molecule has 3 N–H and O–H groups in total. The summed E-state index contributed by atoms with van der Waals surface area (Å²) in [7, 11) is 0. The van der Waals surface area contributed by atoms with E-state index in [0.29, 0.717) is 12.6 Å². The van der Waals surface area contributed by atoms with Crippen LogP contribution in [-0.2, 0) is 9.59 Å². The lowest BCUT2D eigenvalue weighted by Crippen LogP contribution is -2.69. The van der Waals surface area contributed by atoms with Crippen molar-refractivity contribution >= 4 is 29.1 Å². The molecule has 0 aromatic heterocycles. The van der Waals surface area contributed by atoms with E-state index in [2.05, 4.69) is 64.4 Å². The van der Waals surface area contributed by atoms with E-state index in [9.17, 15) is 9.59 Å². The Kier molecular flexibility index (Phi) is 6.81. The Labute approximate surface area is 201 Å². The Balaban J connectivity index is 1.24. The fraction of sp³-hybridized carbons (Fsp3) is 0.615. The molecule has 5 rings (SSSR count). The van der Waals surface area contributed by atoms with Gasteiger partial charge in [0.05, 0.1) is 12.0 Å². The molecule has 3 heterocycles. The molecule has 1 saturated carbocycles. The average molecular weight is 469 g/mol. The van der Waals surface area contributed by atoms with Gasteiger partial charge in [0.15, 0.2) is 0 Å². The number of rotatable bonds is 4. The molecule has 3 fully saturated rings. The number of aryl methyl sites for hydroxylation is 1. The predicted octanol–water partition coefficient (Wildman–Crippen LogP) is 3.23. The molecule has 7 heteroatoms. The lowest BCUT2D eigenvalue weighted by Gasteiger charge is -2.43. The second-order valence-corrected chi connectivity index (χ2v) is 11.3. The van der Waals surface area contributed by atoms with E-state index < -0.39 is 0 Å². The Morgan fingerprint density at radius 3 is 2.73 bits per heavy atom. The van der Waals surface area contributed by atoms with E-state index in [4.69, 9.17) is 0 Å². The predicted molar refractivity (Wildman–Crippen MR) is 133 cm³/mol. The van der Waals surface area contributed by atoms with E-state index in [1.165, 1.54) is 29.5 Å². The Hall–Kier alpha value is -1.83. The molecular weight excluding hydrogens is 432 g/mol. The van der Waals surface area contributed by atoms with Crippen molar-refractivity contribution in [3.05, 3.63) is 40.8 Å². The zero-order valence-electron chi connectivity index (χ0n) is 19.7. The molecule has 4 atom stereocenters. The normalized spacial score (nSPS) is 34.8. The minimum absolute atomic E-state index is 0.0149. The second-order valence-electron chi connectivity index (χ2n) is 10.3. The molecule has 0 spiro atoms. The van der Waals surface area contributed by atoms with Crippen LogP contribution in [0.2, 0.25) is 0 Å². The molecule has 0 bridgehead atoms. The van der Waals surface area contributed by atoms with Crippen LogP contribution >= 0.6 is 11.8 Å². The van der Waals surface area contributed by atoms with E-state index >= 15 is 0 Å². The number of piperidine rings is 1. The van der Waals surface area contributed by atoms with Gasteiger partial charge >= 0.3 is 0 Å². The monoisotopic (exact) mass is 468 g/mol. The molecule has 6 nitrogen and oxygen atoms in total. The zero-order chi connectivity index (χ0) is 22.9. The van der Waals surface area contributed by atoms with Gasteiger partial charge in [0, 0.05) is 19.1 Å². The Bertz CT molecular complexity index is 927. The molecule has 3 aliphatic heterocycles. The third-order valence-electron chi connectivity index (χ3n) is 7.86. The number of hydrogen-bond acceptors (Lipinski definition) is 5. The molecule has 1 aromatic carbocycles. The molecule has 2 saturated heterocycles. The summed E-state index contributed by atoms with van der Waals surface area (Å²) < 4.78 is 0. The van der Waals surface area contributed by atoms with Gasteiger partial charge in [0.1, 0.15) is 11.5 Å². The molecule has 1 aliphatic carbocycles. The van der Waals surface area contributed by atoms with E-state index in [1.54, 1.807) is 11.8 Å². The van der Waals surface area contributed by atoms with Gasteiger partial charge in [0.2, 0.25) is 11.8 Å². The van der Waals surface area contributed by atoms with E-state index in [-0.39, 0.29) is 35.3 Å². The zero-order valence-corrected chi connectivity index (χ0v) is 20.5. The fourth-order valence-corrected chi connectivity index (χ4v) is 6.92. The molecule has 1 aromatic rings. The third-order valence-corrected chi connectivity index (χ3v) is 9.03.